The largest absolute Gasteiger partial charge is 0.354 e. The fourth-order valence-corrected chi connectivity index (χ4v) is 3.82. The molecule has 2 saturated heterocycles. The summed E-state index contributed by atoms with van der Waals surface area (Å²) in [5.74, 6) is 0.163. The molecule has 108 valence electrons. The van der Waals surface area contributed by atoms with Crippen molar-refractivity contribution in [3.8, 4) is 0 Å². The molecule has 5 nitrogen and oxygen atoms in total. The van der Waals surface area contributed by atoms with Crippen molar-refractivity contribution in [1.29, 1.82) is 0 Å². The standard InChI is InChI=1S/C14H19N3O2S/c18-13-9-16(7-5-15-13)10-14(19)17-6-1-3-11(17)12-4-2-8-20-12/h2,4,8,11H,1,3,5-7,9-10H2,(H,15,18)/t11-/m0/s1. The minimum atomic E-state index is 0.0141. The van der Waals surface area contributed by atoms with Crippen molar-refractivity contribution in [3.63, 3.8) is 0 Å². The third-order valence-corrected chi connectivity index (χ3v) is 4.89. The lowest BCUT2D eigenvalue weighted by molar-refractivity contribution is -0.134. The molecule has 6 heteroatoms. The first-order chi connectivity index (χ1) is 9.74. The molecule has 2 amide bonds. The van der Waals surface area contributed by atoms with Crippen LogP contribution in [0.5, 0.6) is 0 Å². The normalized spacial score (nSPS) is 23.9. The van der Waals surface area contributed by atoms with Gasteiger partial charge in [-0.15, -0.1) is 11.3 Å². The van der Waals surface area contributed by atoms with Crippen molar-refractivity contribution in [2.45, 2.75) is 18.9 Å². The summed E-state index contributed by atoms with van der Waals surface area (Å²) in [6.45, 7) is 2.93. The molecule has 1 aromatic heterocycles. The summed E-state index contributed by atoms with van der Waals surface area (Å²) in [5.41, 5.74) is 0. The molecule has 0 radical (unpaired) electrons. The van der Waals surface area contributed by atoms with Crippen LogP contribution in [0, 0.1) is 0 Å². The van der Waals surface area contributed by atoms with Gasteiger partial charge in [0, 0.05) is 24.5 Å². The van der Waals surface area contributed by atoms with Crippen LogP contribution in [0.3, 0.4) is 0 Å². The van der Waals surface area contributed by atoms with E-state index in [0.717, 1.165) is 25.9 Å². The summed E-state index contributed by atoms with van der Waals surface area (Å²) < 4.78 is 0. The van der Waals surface area contributed by atoms with Crippen LogP contribution < -0.4 is 5.32 Å². The van der Waals surface area contributed by atoms with Crippen molar-refractivity contribution in [3.05, 3.63) is 22.4 Å². The monoisotopic (exact) mass is 293 g/mol. The Hall–Kier alpha value is -1.40. The molecule has 1 aromatic rings. The summed E-state index contributed by atoms with van der Waals surface area (Å²) >= 11 is 1.72. The van der Waals surface area contributed by atoms with Gasteiger partial charge < -0.3 is 10.2 Å². The molecule has 1 atom stereocenters. The van der Waals surface area contributed by atoms with Crippen molar-refractivity contribution >= 4 is 23.2 Å². The third kappa shape index (κ3) is 2.86. The van der Waals surface area contributed by atoms with Gasteiger partial charge >= 0.3 is 0 Å². The lowest BCUT2D eigenvalue weighted by Gasteiger charge is -2.30. The molecular formula is C14H19N3O2S. The SMILES string of the molecule is O=C1CN(CC(=O)N2CCC[C@H]2c2cccs2)CCN1. The fourth-order valence-electron chi connectivity index (χ4n) is 2.95. The van der Waals surface area contributed by atoms with Gasteiger partial charge in [-0.2, -0.15) is 0 Å². The average molecular weight is 293 g/mol. The minimum absolute atomic E-state index is 0.0141. The number of nitrogens with zero attached hydrogens (tertiary/aromatic N) is 2. The van der Waals surface area contributed by atoms with Crippen LogP contribution in [-0.2, 0) is 9.59 Å². The molecule has 2 fully saturated rings. The fraction of sp³-hybridized carbons (Fsp3) is 0.571. The number of carbonyl (C=O) groups excluding carboxylic acids is 2. The van der Waals surface area contributed by atoms with Crippen molar-refractivity contribution in [2.24, 2.45) is 0 Å². The lowest BCUT2D eigenvalue weighted by atomic mass is 10.2. The van der Waals surface area contributed by atoms with Gasteiger partial charge in [0.2, 0.25) is 11.8 Å². The van der Waals surface area contributed by atoms with Crippen LogP contribution >= 0.6 is 11.3 Å². The number of likely N-dealkylation sites (tertiary alicyclic amines) is 1. The molecule has 3 heterocycles. The van der Waals surface area contributed by atoms with Crippen molar-refractivity contribution in [1.82, 2.24) is 15.1 Å². The average Bonchev–Trinajstić information content (AvgIpc) is 3.09. The van der Waals surface area contributed by atoms with E-state index in [1.807, 2.05) is 15.9 Å². The van der Waals surface area contributed by atoms with E-state index in [0.29, 0.717) is 19.6 Å². The number of hydrogen-bond acceptors (Lipinski definition) is 4. The van der Waals surface area contributed by atoms with E-state index in [-0.39, 0.29) is 17.9 Å². The van der Waals surface area contributed by atoms with E-state index in [1.165, 1.54) is 4.88 Å². The molecule has 0 aromatic carbocycles. The Morgan fingerprint density at radius 3 is 3.10 bits per heavy atom. The number of thiophene rings is 1. The molecule has 0 aliphatic carbocycles. The third-order valence-electron chi connectivity index (χ3n) is 3.92. The number of carbonyl (C=O) groups is 2. The van der Waals surface area contributed by atoms with Gasteiger partial charge in [0.25, 0.3) is 0 Å². The lowest BCUT2D eigenvalue weighted by Crippen LogP contribution is -2.51. The first kappa shape index (κ1) is 13.6. The molecule has 0 spiro atoms. The number of piperazine rings is 1. The van der Waals surface area contributed by atoms with E-state index < -0.39 is 0 Å². The van der Waals surface area contributed by atoms with Gasteiger partial charge in [-0.25, -0.2) is 0 Å². The zero-order chi connectivity index (χ0) is 13.9. The summed E-state index contributed by atoms with van der Waals surface area (Å²) in [7, 11) is 0. The van der Waals surface area contributed by atoms with E-state index in [2.05, 4.69) is 16.8 Å². The van der Waals surface area contributed by atoms with Gasteiger partial charge in [0.05, 0.1) is 19.1 Å². The zero-order valence-electron chi connectivity index (χ0n) is 11.4. The topological polar surface area (TPSA) is 52.7 Å². The Morgan fingerprint density at radius 1 is 1.45 bits per heavy atom. The minimum Gasteiger partial charge on any atom is -0.354 e. The molecule has 20 heavy (non-hydrogen) atoms. The van der Waals surface area contributed by atoms with Gasteiger partial charge in [-0.3, -0.25) is 14.5 Å². The van der Waals surface area contributed by atoms with E-state index in [1.54, 1.807) is 11.3 Å². The predicted molar refractivity (Wildman–Crippen MR) is 77.5 cm³/mol. The molecule has 3 rings (SSSR count). The quantitative estimate of drug-likeness (QED) is 0.898. The van der Waals surface area contributed by atoms with E-state index in [4.69, 9.17) is 0 Å². The smallest absolute Gasteiger partial charge is 0.237 e. The number of nitrogens with one attached hydrogen (secondary N) is 1. The summed E-state index contributed by atoms with van der Waals surface area (Å²) in [6.07, 6.45) is 2.11. The number of amides is 2. The molecule has 1 N–H and O–H groups in total. The van der Waals surface area contributed by atoms with Crippen LogP contribution in [0.2, 0.25) is 0 Å². The van der Waals surface area contributed by atoms with Gasteiger partial charge in [0.15, 0.2) is 0 Å². The van der Waals surface area contributed by atoms with Crippen LogP contribution in [0.4, 0.5) is 0 Å². The Balaban J connectivity index is 1.62. The summed E-state index contributed by atoms with van der Waals surface area (Å²) in [6, 6.07) is 4.38. The Morgan fingerprint density at radius 2 is 2.35 bits per heavy atom. The van der Waals surface area contributed by atoms with Gasteiger partial charge in [-0.05, 0) is 24.3 Å². The highest BCUT2D eigenvalue weighted by Gasteiger charge is 2.31. The maximum Gasteiger partial charge on any atom is 0.237 e. The first-order valence-corrected chi connectivity index (χ1v) is 7.94. The van der Waals surface area contributed by atoms with Crippen molar-refractivity contribution in [2.75, 3.05) is 32.7 Å². The number of hydrogen-bond donors (Lipinski definition) is 1. The van der Waals surface area contributed by atoms with E-state index in [9.17, 15) is 9.59 Å². The van der Waals surface area contributed by atoms with Crippen LogP contribution in [0.25, 0.3) is 0 Å². The van der Waals surface area contributed by atoms with Crippen LogP contribution in [-0.4, -0.2) is 54.3 Å². The molecule has 0 bridgehead atoms. The highest BCUT2D eigenvalue weighted by molar-refractivity contribution is 7.10. The van der Waals surface area contributed by atoms with Gasteiger partial charge in [-0.1, -0.05) is 6.07 Å². The van der Waals surface area contributed by atoms with Crippen molar-refractivity contribution < 1.29 is 9.59 Å². The first-order valence-electron chi connectivity index (χ1n) is 7.06. The second kappa shape index (κ2) is 5.93. The molecular weight excluding hydrogens is 274 g/mol. The predicted octanol–water partition coefficient (Wildman–Crippen LogP) is 0.843. The molecule has 0 unspecified atom stereocenters. The summed E-state index contributed by atoms with van der Waals surface area (Å²) in [4.78, 5) is 29.0. The second-order valence-corrected chi connectivity index (χ2v) is 6.30. The Labute approximate surface area is 122 Å². The maximum absolute atomic E-state index is 12.5. The second-order valence-electron chi connectivity index (χ2n) is 5.32. The maximum atomic E-state index is 12.5. The van der Waals surface area contributed by atoms with E-state index >= 15 is 0 Å². The van der Waals surface area contributed by atoms with Gasteiger partial charge in [0.1, 0.15) is 0 Å². The zero-order valence-corrected chi connectivity index (χ0v) is 12.2. The van der Waals surface area contributed by atoms with Crippen LogP contribution in [0.15, 0.2) is 17.5 Å². The Bertz CT molecular complexity index is 489. The summed E-state index contributed by atoms with van der Waals surface area (Å²) in [5, 5.41) is 4.84. The molecule has 0 saturated carbocycles. The molecule has 2 aliphatic heterocycles. The highest BCUT2D eigenvalue weighted by atomic mass is 32.1. The molecule has 2 aliphatic rings. The number of rotatable bonds is 3. The Kier molecular flexibility index (Phi) is 4.03. The highest BCUT2D eigenvalue weighted by Crippen LogP contribution is 2.34. The van der Waals surface area contributed by atoms with Crippen LogP contribution in [0.1, 0.15) is 23.8 Å².